The minimum atomic E-state index is -0.464. The second kappa shape index (κ2) is 29.1. The Labute approximate surface area is 242 Å². The SMILES string of the molecule is C=CC(CCCCCCC=CCCCCCC)C(=O)OC(=O)C(C=C)CCCCCC/C=C\CCCCCC. The first-order valence-electron chi connectivity index (χ1n) is 16.4. The van der Waals surface area contributed by atoms with Crippen LogP contribution in [0.25, 0.3) is 0 Å². The van der Waals surface area contributed by atoms with E-state index in [1.807, 2.05) is 0 Å². The van der Waals surface area contributed by atoms with Gasteiger partial charge in [0.05, 0.1) is 11.8 Å². The molecule has 0 rings (SSSR count). The number of hydrogen-bond acceptors (Lipinski definition) is 3. The molecule has 39 heavy (non-hydrogen) atoms. The van der Waals surface area contributed by atoms with Crippen molar-refractivity contribution in [1.82, 2.24) is 0 Å². The summed E-state index contributed by atoms with van der Waals surface area (Å²) < 4.78 is 5.23. The molecule has 0 radical (unpaired) electrons. The second-order valence-corrected chi connectivity index (χ2v) is 11.0. The van der Waals surface area contributed by atoms with Gasteiger partial charge < -0.3 is 4.74 Å². The Balaban J connectivity index is 3.96. The molecule has 0 fully saturated rings. The minimum Gasteiger partial charge on any atom is -0.392 e. The number of hydrogen-bond donors (Lipinski definition) is 0. The second-order valence-electron chi connectivity index (χ2n) is 11.0. The standard InChI is InChI=1S/C36H62O3/c1-5-9-11-13-15-17-19-21-23-25-27-29-31-33(7-3)35(37)39-36(38)34(8-4)32-30-28-26-24-22-20-18-16-14-12-10-6-2/h7-8,17-20,33-34H,3-6,9-16,21-32H2,1-2H3/b19-17-,20-18?. The molecular formula is C36H62O3. The van der Waals surface area contributed by atoms with Crippen molar-refractivity contribution in [3.8, 4) is 0 Å². The van der Waals surface area contributed by atoms with Gasteiger partial charge >= 0.3 is 11.9 Å². The monoisotopic (exact) mass is 542 g/mol. The molecule has 0 aliphatic heterocycles. The van der Waals surface area contributed by atoms with Crippen LogP contribution in [0.5, 0.6) is 0 Å². The molecule has 0 spiro atoms. The smallest absolute Gasteiger partial charge is 0.320 e. The van der Waals surface area contributed by atoms with Crippen LogP contribution in [0.3, 0.4) is 0 Å². The summed E-state index contributed by atoms with van der Waals surface area (Å²) >= 11 is 0. The molecule has 0 amide bonds. The van der Waals surface area contributed by atoms with Crippen LogP contribution in [0.15, 0.2) is 49.6 Å². The minimum absolute atomic E-state index is 0.415. The van der Waals surface area contributed by atoms with Gasteiger partial charge in [-0.05, 0) is 64.2 Å². The summed E-state index contributed by atoms with van der Waals surface area (Å²) in [5, 5.41) is 0. The molecule has 3 nitrogen and oxygen atoms in total. The first-order chi connectivity index (χ1) is 19.1. The maximum atomic E-state index is 12.5. The van der Waals surface area contributed by atoms with E-state index in [2.05, 4.69) is 51.3 Å². The summed E-state index contributed by atoms with van der Waals surface area (Å²) in [6, 6.07) is 0. The van der Waals surface area contributed by atoms with Crippen molar-refractivity contribution in [1.29, 1.82) is 0 Å². The zero-order chi connectivity index (χ0) is 28.8. The van der Waals surface area contributed by atoms with Crippen LogP contribution in [-0.2, 0) is 14.3 Å². The Kier molecular flexibility index (Phi) is 27.7. The van der Waals surface area contributed by atoms with Crippen LogP contribution in [0.4, 0.5) is 0 Å². The fourth-order valence-corrected chi connectivity index (χ4v) is 4.72. The third kappa shape index (κ3) is 23.7. The molecule has 0 aromatic carbocycles. The number of rotatable bonds is 28. The summed E-state index contributed by atoms with van der Waals surface area (Å²) in [4.78, 5) is 25.1. The lowest BCUT2D eigenvalue weighted by Crippen LogP contribution is -2.24. The molecule has 224 valence electrons. The van der Waals surface area contributed by atoms with Crippen LogP contribution >= 0.6 is 0 Å². The molecular weight excluding hydrogens is 480 g/mol. The van der Waals surface area contributed by atoms with Gasteiger partial charge in [0.15, 0.2) is 0 Å². The van der Waals surface area contributed by atoms with Crippen molar-refractivity contribution in [2.24, 2.45) is 11.8 Å². The number of esters is 2. The maximum absolute atomic E-state index is 12.5. The lowest BCUT2D eigenvalue weighted by Gasteiger charge is -2.14. The van der Waals surface area contributed by atoms with Crippen LogP contribution in [0, 0.1) is 11.8 Å². The third-order valence-corrected chi connectivity index (χ3v) is 7.43. The highest BCUT2D eigenvalue weighted by atomic mass is 16.6. The highest BCUT2D eigenvalue weighted by Gasteiger charge is 2.23. The van der Waals surface area contributed by atoms with Gasteiger partial charge in [-0.2, -0.15) is 0 Å². The zero-order valence-electron chi connectivity index (χ0n) is 25.8. The van der Waals surface area contributed by atoms with E-state index in [9.17, 15) is 9.59 Å². The van der Waals surface area contributed by atoms with Crippen molar-refractivity contribution in [2.75, 3.05) is 0 Å². The largest absolute Gasteiger partial charge is 0.392 e. The first-order valence-corrected chi connectivity index (χ1v) is 16.4. The van der Waals surface area contributed by atoms with Crippen molar-refractivity contribution in [3.63, 3.8) is 0 Å². The van der Waals surface area contributed by atoms with Gasteiger partial charge in [-0.15, -0.1) is 13.2 Å². The van der Waals surface area contributed by atoms with E-state index in [0.29, 0.717) is 12.8 Å². The molecule has 0 aliphatic rings. The topological polar surface area (TPSA) is 43.4 Å². The molecule has 0 aromatic rings. The van der Waals surface area contributed by atoms with E-state index in [4.69, 9.17) is 4.74 Å². The molecule has 0 saturated heterocycles. The van der Waals surface area contributed by atoms with Gasteiger partial charge in [0, 0.05) is 0 Å². The molecule has 0 aromatic heterocycles. The van der Waals surface area contributed by atoms with Crippen molar-refractivity contribution in [2.45, 2.75) is 155 Å². The summed E-state index contributed by atoms with van der Waals surface area (Å²) in [5.74, 6) is -1.76. The lowest BCUT2D eigenvalue weighted by atomic mass is 9.99. The number of ether oxygens (including phenoxy) is 1. The van der Waals surface area contributed by atoms with Crippen molar-refractivity contribution in [3.05, 3.63) is 49.6 Å². The van der Waals surface area contributed by atoms with E-state index < -0.39 is 23.8 Å². The molecule has 0 N–H and O–H groups in total. The van der Waals surface area contributed by atoms with Crippen molar-refractivity contribution < 1.29 is 14.3 Å². The third-order valence-electron chi connectivity index (χ3n) is 7.43. The number of carbonyl (C=O) groups is 2. The van der Waals surface area contributed by atoms with Gasteiger partial charge in [-0.3, -0.25) is 9.59 Å². The highest BCUT2D eigenvalue weighted by Crippen LogP contribution is 2.18. The van der Waals surface area contributed by atoms with Gasteiger partial charge in [0.1, 0.15) is 0 Å². The molecule has 2 atom stereocenters. The molecule has 3 heteroatoms. The first kappa shape index (κ1) is 37.1. The maximum Gasteiger partial charge on any atom is 0.320 e. The Bertz CT molecular complexity index is 604. The van der Waals surface area contributed by atoms with Gasteiger partial charge in [-0.1, -0.05) is 127 Å². The number of unbranched alkanes of at least 4 members (excludes halogenated alkanes) is 16. The van der Waals surface area contributed by atoms with Crippen LogP contribution in [-0.4, -0.2) is 11.9 Å². The van der Waals surface area contributed by atoms with E-state index in [0.717, 1.165) is 51.4 Å². The predicted molar refractivity (Wildman–Crippen MR) is 170 cm³/mol. The van der Waals surface area contributed by atoms with Crippen LogP contribution < -0.4 is 0 Å². The molecule has 0 bridgehead atoms. The normalized spacial score (nSPS) is 13.1. The number of allylic oxidation sites excluding steroid dienone is 4. The quantitative estimate of drug-likeness (QED) is 0.0427. The molecule has 2 unspecified atom stereocenters. The molecule has 0 saturated carbocycles. The van der Waals surface area contributed by atoms with E-state index >= 15 is 0 Å². The fourth-order valence-electron chi connectivity index (χ4n) is 4.72. The number of carbonyl (C=O) groups excluding carboxylic acids is 2. The Morgan fingerprint density at radius 2 is 0.821 bits per heavy atom. The fraction of sp³-hybridized carbons (Fsp3) is 0.722. The Morgan fingerprint density at radius 1 is 0.513 bits per heavy atom. The van der Waals surface area contributed by atoms with Gasteiger partial charge in [-0.25, -0.2) is 0 Å². The summed E-state index contributed by atoms with van der Waals surface area (Å²) in [5.41, 5.74) is 0. The van der Waals surface area contributed by atoms with Crippen molar-refractivity contribution >= 4 is 11.9 Å². The summed E-state index contributed by atoms with van der Waals surface area (Å²) in [6.45, 7) is 12.1. The van der Waals surface area contributed by atoms with E-state index in [1.165, 1.54) is 77.0 Å². The average Bonchev–Trinajstić information content (AvgIpc) is 2.93. The summed E-state index contributed by atoms with van der Waals surface area (Å²) in [6.07, 6.45) is 37.8. The Morgan fingerprint density at radius 3 is 1.13 bits per heavy atom. The van der Waals surface area contributed by atoms with Crippen LogP contribution in [0.2, 0.25) is 0 Å². The molecule has 0 heterocycles. The Hall–Kier alpha value is -1.90. The predicted octanol–water partition coefficient (Wildman–Crippen LogP) is 11.4. The highest BCUT2D eigenvalue weighted by molar-refractivity contribution is 5.89. The van der Waals surface area contributed by atoms with E-state index in [-0.39, 0.29) is 0 Å². The van der Waals surface area contributed by atoms with Gasteiger partial charge in [0.2, 0.25) is 0 Å². The molecule has 0 aliphatic carbocycles. The van der Waals surface area contributed by atoms with Crippen LogP contribution in [0.1, 0.15) is 155 Å². The van der Waals surface area contributed by atoms with Gasteiger partial charge in [0.25, 0.3) is 0 Å². The zero-order valence-corrected chi connectivity index (χ0v) is 25.8. The average molecular weight is 543 g/mol. The summed E-state index contributed by atoms with van der Waals surface area (Å²) in [7, 11) is 0. The lowest BCUT2D eigenvalue weighted by molar-refractivity contribution is -0.163. The van der Waals surface area contributed by atoms with E-state index in [1.54, 1.807) is 12.2 Å².